The molecule has 2 aliphatic carbocycles. The minimum absolute atomic E-state index is 0.204. The Hall–Kier alpha value is -3.12. The lowest BCUT2D eigenvalue weighted by Crippen LogP contribution is -2.26. The van der Waals surface area contributed by atoms with Crippen LogP contribution in [0.1, 0.15) is 88.5 Å². The van der Waals surface area contributed by atoms with Gasteiger partial charge in [-0.3, -0.25) is 0 Å². The second-order valence-corrected chi connectivity index (χ2v) is 13.0. The smallest absolute Gasteiger partial charge is 0.00285 e. The van der Waals surface area contributed by atoms with Crippen LogP contribution in [-0.2, 0) is 0 Å². The van der Waals surface area contributed by atoms with E-state index in [0.717, 1.165) is 6.42 Å². The van der Waals surface area contributed by atoms with E-state index in [2.05, 4.69) is 173 Å². The summed E-state index contributed by atoms with van der Waals surface area (Å²) >= 11 is 0. The molecule has 0 fully saturated rings. The molecule has 0 N–H and O–H groups in total. The lowest BCUT2D eigenvalue weighted by molar-refractivity contribution is 0.255. The third kappa shape index (κ3) is 11.2. The minimum Gasteiger partial charge on any atom is -0.0850 e. The summed E-state index contributed by atoms with van der Waals surface area (Å²) in [6.45, 7) is 22.5. The van der Waals surface area contributed by atoms with Crippen molar-refractivity contribution in [3.05, 3.63) is 142 Å². The van der Waals surface area contributed by atoms with Crippen molar-refractivity contribution in [2.24, 2.45) is 16.7 Å². The summed E-state index contributed by atoms with van der Waals surface area (Å²) in [6, 6.07) is 0. The molecule has 0 heterocycles. The molecule has 2 rings (SSSR count). The predicted molar refractivity (Wildman–Crippen MR) is 181 cm³/mol. The van der Waals surface area contributed by atoms with Crippen molar-refractivity contribution in [3.8, 4) is 0 Å². The van der Waals surface area contributed by atoms with Crippen LogP contribution in [0.25, 0.3) is 0 Å². The Morgan fingerprint density at radius 1 is 0.725 bits per heavy atom. The Labute approximate surface area is 247 Å². The van der Waals surface area contributed by atoms with Gasteiger partial charge in [-0.05, 0) is 82.8 Å². The molecule has 40 heavy (non-hydrogen) atoms. The SMILES string of the molecule is CC1=CCCC(C)(C)[C@H]1/C=C/C(C)=C/C=C/C(C)=C/C=C/C=C(C)/C=C/C=C(C)/C=C/C1=C(C)C=CCC1(C)C. The van der Waals surface area contributed by atoms with Crippen LogP contribution in [0.4, 0.5) is 0 Å². The summed E-state index contributed by atoms with van der Waals surface area (Å²) in [5.41, 5.74) is 9.83. The lowest BCUT2D eigenvalue weighted by Gasteiger charge is -2.36. The third-order valence-corrected chi connectivity index (χ3v) is 8.07. The van der Waals surface area contributed by atoms with E-state index >= 15 is 0 Å². The first kappa shape index (κ1) is 33.1. The topological polar surface area (TPSA) is 0 Å². The molecule has 0 aromatic rings. The summed E-state index contributed by atoms with van der Waals surface area (Å²) < 4.78 is 0. The van der Waals surface area contributed by atoms with E-state index in [1.54, 1.807) is 0 Å². The van der Waals surface area contributed by atoms with Crippen molar-refractivity contribution in [3.63, 3.8) is 0 Å². The van der Waals surface area contributed by atoms with Gasteiger partial charge in [-0.15, -0.1) is 0 Å². The fraction of sp³-hybridized carbons (Fsp3) is 0.400. The zero-order chi connectivity index (χ0) is 29.8. The highest BCUT2D eigenvalue weighted by molar-refractivity contribution is 5.42. The highest BCUT2D eigenvalue weighted by atomic mass is 14.3. The van der Waals surface area contributed by atoms with Crippen LogP contribution in [0.5, 0.6) is 0 Å². The van der Waals surface area contributed by atoms with Crippen molar-refractivity contribution in [2.45, 2.75) is 88.5 Å². The van der Waals surface area contributed by atoms with Crippen LogP contribution in [0.15, 0.2) is 142 Å². The Morgan fingerprint density at radius 3 is 1.80 bits per heavy atom. The molecule has 0 aromatic carbocycles. The fourth-order valence-corrected chi connectivity index (χ4v) is 5.41. The number of hydrogen-bond acceptors (Lipinski definition) is 0. The van der Waals surface area contributed by atoms with Gasteiger partial charge in [-0.25, -0.2) is 0 Å². The maximum atomic E-state index is 2.40. The zero-order valence-corrected chi connectivity index (χ0v) is 27.0. The molecule has 0 aromatic heterocycles. The van der Waals surface area contributed by atoms with Crippen molar-refractivity contribution >= 4 is 0 Å². The van der Waals surface area contributed by atoms with Gasteiger partial charge in [0, 0.05) is 5.92 Å². The summed E-state index contributed by atoms with van der Waals surface area (Å²) in [5, 5.41) is 0. The van der Waals surface area contributed by atoms with Crippen molar-refractivity contribution in [1.29, 1.82) is 0 Å². The van der Waals surface area contributed by atoms with Crippen LogP contribution in [0.2, 0.25) is 0 Å². The lowest BCUT2D eigenvalue weighted by atomic mass is 9.68. The van der Waals surface area contributed by atoms with E-state index in [1.165, 1.54) is 51.9 Å². The second-order valence-electron chi connectivity index (χ2n) is 13.0. The molecule has 0 radical (unpaired) electrons. The zero-order valence-electron chi connectivity index (χ0n) is 27.0. The van der Waals surface area contributed by atoms with Crippen LogP contribution in [0.3, 0.4) is 0 Å². The van der Waals surface area contributed by atoms with Gasteiger partial charge in [0.1, 0.15) is 0 Å². The first-order valence-electron chi connectivity index (χ1n) is 14.9. The standard InChI is InChI=1S/C40H54/c1-31(19-13-21-33(3)25-27-37-35(5)23-15-29-39(37,7)8)17-11-12-18-32(2)20-14-22-34(4)26-28-38-36(6)24-16-30-40(38,9)10/h11-15,17-28,38H,16,29-30H2,1-10H3/b12-11+,19-13+,20-14+,27-25+,28-26+,31-17+,32-18+,33-21+,34-22+/t38-/m0/s1. The normalized spacial score (nSPS) is 23.1. The molecule has 0 aliphatic heterocycles. The molecule has 0 heteroatoms. The van der Waals surface area contributed by atoms with E-state index in [1.807, 2.05) is 0 Å². The Bertz CT molecular complexity index is 1240. The molecule has 0 saturated heterocycles. The second kappa shape index (κ2) is 15.6. The first-order valence-corrected chi connectivity index (χ1v) is 14.9. The molecule has 0 unspecified atom stereocenters. The highest BCUT2D eigenvalue weighted by Gasteiger charge is 2.30. The average Bonchev–Trinajstić information content (AvgIpc) is 2.85. The van der Waals surface area contributed by atoms with Gasteiger partial charge in [0.2, 0.25) is 0 Å². The summed E-state index contributed by atoms with van der Waals surface area (Å²) in [4.78, 5) is 0. The molecule has 0 nitrogen and oxygen atoms in total. The maximum Gasteiger partial charge on any atom is 0.00285 e. The van der Waals surface area contributed by atoms with Crippen LogP contribution >= 0.6 is 0 Å². The molecule has 2 aliphatic rings. The van der Waals surface area contributed by atoms with Crippen LogP contribution in [-0.4, -0.2) is 0 Å². The van der Waals surface area contributed by atoms with Crippen molar-refractivity contribution < 1.29 is 0 Å². The molecule has 214 valence electrons. The largest absolute Gasteiger partial charge is 0.0850 e. The van der Waals surface area contributed by atoms with Gasteiger partial charge in [0.05, 0.1) is 0 Å². The first-order chi connectivity index (χ1) is 18.8. The van der Waals surface area contributed by atoms with Gasteiger partial charge in [-0.1, -0.05) is 159 Å². The van der Waals surface area contributed by atoms with Gasteiger partial charge in [-0.2, -0.15) is 0 Å². The Kier molecular flexibility index (Phi) is 12.9. The molecule has 0 saturated carbocycles. The molecular formula is C40H54. The fourth-order valence-electron chi connectivity index (χ4n) is 5.41. The van der Waals surface area contributed by atoms with Crippen molar-refractivity contribution in [2.75, 3.05) is 0 Å². The molecule has 0 spiro atoms. The summed E-state index contributed by atoms with van der Waals surface area (Å²) in [6.07, 6.45) is 41.1. The third-order valence-electron chi connectivity index (χ3n) is 8.07. The highest BCUT2D eigenvalue weighted by Crippen LogP contribution is 2.41. The van der Waals surface area contributed by atoms with E-state index in [0.29, 0.717) is 11.3 Å². The van der Waals surface area contributed by atoms with E-state index in [9.17, 15) is 0 Å². The quantitative estimate of drug-likeness (QED) is 0.193. The molecular weight excluding hydrogens is 480 g/mol. The van der Waals surface area contributed by atoms with Gasteiger partial charge >= 0.3 is 0 Å². The van der Waals surface area contributed by atoms with E-state index in [4.69, 9.17) is 0 Å². The van der Waals surface area contributed by atoms with Gasteiger partial charge in [0.25, 0.3) is 0 Å². The number of rotatable bonds is 10. The van der Waals surface area contributed by atoms with Crippen LogP contribution in [0, 0.1) is 16.7 Å². The molecule has 0 bridgehead atoms. The van der Waals surface area contributed by atoms with E-state index in [-0.39, 0.29) is 5.41 Å². The predicted octanol–water partition coefficient (Wildman–Crippen LogP) is 12.2. The average molecular weight is 535 g/mol. The molecule has 1 atom stereocenters. The number of hydrogen-bond donors (Lipinski definition) is 0. The Balaban J connectivity index is 1.88. The van der Waals surface area contributed by atoms with E-state index < -0.39 is 0 Å². The van der Waals surface area contributed by atoms with Crippen LogP contribution < -0.4 is 0 Å². The molecule has 0 amide bonds. The number of allylic oxidation sites excluding steroid dienone is 24. The summed E-state index contributed by atoms with van der Waals surface area (Å²) in [5.74, 6) is 0.530. The van der Waals surface area contributed by atoms with Crippen molar-refractivity contribution in [1.82, 2.24) is 0 Å². The minimum atomic E-state index is 0.204. The van der Waals surface area contributed by atoms with Gasteiger partial charge < -0.3 is 0 Å². The Morgan fingerprint density at radius 2 is 1.25 bits per heavy atom. The monoisotopic (exact) mass is 534 g/mol. The summed E-state index contributed by atoms with van der Waals surface area (Å²) in [7, 11) is 0. The maximum absolute atomic E-state index is 2.40. The van der Waals surface area contributed by atoms with Gasteiger partial charge in [0.15, 0.2) is 0 Å².